The Labute approximate surface area is 124 Å². The molecule has 1 atom stereocenters. The van der Waals surface area contributed by atoms with Gasteiger partial charge in [-0.2, -0.15) is 0 Å². The van der Waals surface area contributed by atoms with Gasteiger partial charge in [-0.25, -0.2) is 4.79 Å². The minimum absolute atomic E-state index is 0. The molecule has 1 aromatic carbocycles. The van der Waals surface area contributed by atoms with Gasteiger partial charge in [0.2, 0.25) is 5.91 Å². The standard InChI is InChI=1S/C14H18N2O3.ClH/c1-2-19-14(18)10-4-3-5-12(8-10)16-13(17)11-6-7-15-9-11;/h3-5,8,11,15H,2,6-7,9H2,1H3,(H,16,17);1H. The second-order valence-corrected chi connectivity index (χ2v) is 4.48. The van der Waals surface area contributed by atoms with Crippen LogP contribution in [0.4, 0.5) is 5.69 Å². The highest BCUT2D eigenvalue weighted by atomic mass is 35.5. The average Bonchev–Trinajstić information content (AvgIpc) is 2.93. The van der Waals surface area contributed by atoms with Crippen molar-refractivity contribution in [2.24, 2.45) is 5.92 Å². The fourth-order valence-corrected chi connectivity index (χ4v) is 2.06. The Morgan fingerprint density at radius 1 is 1.45 bits per heavy atom. The monoisotopic (exact) mass is 298 g/mol. The summed E-state index contributed by atoms with van der Waals surface area (Å²) in [7, 11) is 0. The van der Waals surface area contributed by atoms with Crippen molar-refractivity contribution in [3.05, 3.63) is 29.8 Å². The largest absolute Gasteiger partial charge is 0.462 e. The number of halogens is 1. The Balaban J connectivity index is 0.00000200. The van der Waals surface area contributed by atoms with Gasteiger partial charge in [0, 0.05) is 12.2 Å². The number of amides is 1. The van der Waals surface area contributed by atoms with Gasteiger partial charge in [0.1, 0.15) is 0 Å². The topological polar surface area (TPSA) is 67.4 Å². The lowest BCUT2D eigenvalue weighted by Crippen LogP contribution is -2.24. The van der Waals surface area contributed by atoms with Crippen LogP contribution in [0.25, 0.3) is 0 Å². The molecule has 0 spiro atoms. The van der Waals surface area contributed by atoms with E-state index in [0.29, 0.717) is 24.4 Å². The molecule has 2 rings (SSSR count). The number of carbonyl (C=O) groups excluding carboxylic acids is 2. The molecule has 0 aromatic heterocycles. The number of ether oxygens (including phenoxy) is 1. The van der Waals surface area contributed by atoms with Crippen molar-refractivity contribution in [3.8, 4) is 0 Å². The third-order valence-electron chi connectivity index (χ3n) is 3.07. The van der Waals surface area contributed by atoms with Crippen LogP contribution < -0.4 is 10.6 Å². The van der Waals surface area contributed by atoms with Crippen LogP contribution in [0.1, 0.15) is 23.7 Å². The summed E-state index contributed by atoms with van der Waals surface area (Å²) in [5, 5.41) is 5.98. The van der Waals surface area contributed by atoms with Crippen LogP contribution in [-0.2, 0) is 9.53 Å². The zero-order valence-electron chi connectivity index (χ0n) is 11.3. The maximum atomic E-state index is 12.0. The first-order valence-electron chi connectivity index (χ1n) is 6.49. The van der Waals surface area contributed by atoms with E-state index in [4.69, 9.17) is 4.74 Å². The lowest BCUT2D eigenvalue weighted by molar-refractivity contribution is -0.119. The molecular formula is C14H19ClN2O3. The van der Waals surface area contributed by atoms with Gasteiger partial charge in [-0.05, 0) is 38.1 Å². The molecule has 1 aliphatic heterocycles. The van der Waals surface area contributed by atoms with E-state index in [0.717, 1.165) is 13.0 Å². The van der Waals surface area contributed by atoms with Gasteiger partial charge in [0.05, 0.1) is 18.1 Å². The van der Waals surface area contributed by atoms with E-state index in [1.807, 2.05) is 0 Å². The van der Waals surface area contributed by atoms with Gasteiger partial charge in [0.25, 0.3) is 0 Å². The number of hydrogen-bond acceptors (Lipinski definition) is 4. The fourth-order valence-electron chi connectivity index (χ4n) is 2.06. The summed E-state index contributed by atoms with van der Waals surface area (Å²) in [6, 6.07) is 6.81. The Morgan fingerprint density at radius 2 is 2.25 bits per heavy atom. The Hall–Kier alpha value is -1.59. The van der Waals surface area contributed by atoms with Gasteiger partial charge in [-0.15, -0.1) is 12.4 Å². The highest BCUT2D eigenvalue weighted by molar-refractivity contribution is 5.95. The summed E-state index contributed by atoms with van der Waals surface area (Å²) < 4.78 is 4.93. The van der Waals surface area contributed by atoms with E-state index < -0.39 is 0 Å². The molecule has 0 bridgehead atoms. The molecule has 1 saturated heterocycles. The van der Waals surface area contributed by atoms with Crippen molar-refractivity contribution in [3.63, 3.8) is 0 Å². The molecule has 6 heteroatoms. The summed E-state index contributed by atoms with van der Waals surface area (Å²) in [5.41, 5.74) is 1.08. The van der Waals surface area contributed by atoms with E-state index >= 15 is 0 Å². The second-order valence-electron chi connectivity index (χ2n) is 4.48. The number of esters is 1. The number of hydrogen-bond donors (Lipinski definition) is 2. The normalized spacial score (nSPS) is 17.1. The summed E-state index contributed by atoms with van der Waals surface area (Å²) in [6.07, 6.45) is 0.851. The number of nitrogens with one attached hydrogen (secondary N) is 2. The molecule has 2 N–H and O–H groups in total. The minimum atomic E-state index is -0.374. The first-order chi connectivity index (χ1) is 9.20. The summed E-state index contributed by atoms with van der Waals surface area (Å²) in [6.45, 7) is 3.68. The summed E-state index contributed by atoms with van der Waals surface area (Å²) >= 11 is 0. The molecule has 0 saturated carbocycles. The van der Waals surface area contributed by atoms with Gasteiger partial charge in [0.15, 0.2) is 0 Å². The molecular weight excluding hydrogens is 280 g/mol. The first kappa shape index (κ1) is 16.5. The van der Waals surface area contributed by atoms with Crippen molar-refractivity contribution >= 4 is 30.0 Å². The van der Waals surface area contributed by atoms with E-state index in [1.165, 1.54) is 0 Å². The van der Waals surface area contributed by atoms with Crippen molar-refractivity contribution < 1.29 is 14.3 Å². The first-order valence-corrected chi connectivity index (χ1v) is 6.49. The molecule has 110 valence electrons. The molecule has 1 heterocycles. The lowest BCUT2D eigenvalue weighted by Gasteiger charge is -2.10. The predicted octanol–water partition coefficient (Wildman–Crippen LogP) is 1.83. The third kappa shape index (κ3) is 4.21. The molecule has 1 unspecified atom stereocenters. The van der Waals surface area contributed by atoms with Crippen LogP contribution in [0.15, 0.2) is 24.3 Å². The lowest BCUT2D eigenvalue weighted by atomic mass is 10.1. The zero-order valence-corrected chi connectivity index (χ0v) is 12.2. The second kappa shape index (κ2) is 7.87. The predicted molar refractivity (Wildman–Crippen MR) is 79.3 cm³/mol. The highest BCUT2D eigenvalue weighted by Crippen LogP contribution is 2.15. The van der Waals surface area contributed by atoms with E-state index in [9.17, 15) is 9.59 Å². The van der Waals surface area contributed by atoms with E-state index in [1.54, 1.807) is 31.2 Å². The third-order valence-corrected chi connectivity index (χ3v) is 3.07. The average molecular weight is 299 g/mol. The highest BCUT2D eigenvalue weighted by Gasteiger charge is 2.22. The van der Waals surface area contributed by atoms with Crippen molar-refractivity contribution in [2.75, 3.05) is 25.0 Å². The molecule has 0 radical (unpaired) electrons. The Morgan fingerprint density at radius 3 is 2.90 bits per heavy atom. The van der Waals surface area contributed by atoms with Crippen LogP contribution in [0.3, 0.4) is 0 Å². The van der Waals surface area contributed by atoms with Crippen LogP contribution in [0.5, 0.6) is 0 Å². The van der Waals surface area contributed by atoms with Crippen molar-refractivity contribution in [1.29, 1.82) is 0 Å². The van der Waals surface area contributed by atoms with E-state index in [2.05, 4.69) is 10.6 Å². The summed E-state index contributed by atoms with van der Waals surface area (Å²) in [4.78, 5) is 23.5. The maximum Gasteiger partial charge on any atom is 0.338 e. The number of rotatable bonds is 4. The van der Waals surface area contributed by atoms with Crippen LogP contribution in [-0.4, -0.2) is 31.6 Å². The molecule has 1 fully saturated rings. The molecule has 20 heavy (non-hydrogen) atoms. The molecule has 0 aliphatic carbocycles. The Kier molecular flexibility index (Phi) is 6.48. The number of benzene rings is 1. The molecule has 1 aromatic rings. The smallest absolute Gasteiger partial charge is 0.338 e. The quantitative estimate of drug-likeness (QED) is 0.832. The number of carbonyl (C=O) groups is 2. The molecule has 1 aliphatic rings. The minimum Gasteiger partial charge on any atom is -0.462 e. The SMILES string of the molecule is CCOC(=O)c1cccc(NC(=O)C2CCNC2)c1.Cl. The number of anilines is 1. The van der Waals surface area contributed by atoms with Gasteiger partial charge < -0.3 is 15.4 Å². The maximum absolute atomic E-state index is 12.0. The van der Waals surface area contributed by atoms with Crippen LogP contribution >= 0.6 is 12.4 Å². The van der Waals surface area contributed by atoms with Gasteiger partial charge in [-0.3, -0.25) is 4.79 Å². The van der Waals surface area contributed by atoms with Crippen LogP contribution in [0, 0.1) is 5.92 Å². The Bertz CT molecular complexity index is 473. The van der Waals surface area contributed by atoms with Crippen molar-refractivity contribution in [2.45, 2.75) is 13.3 Å². The molecule has 1 amide bonds. The summed E-state index contributed by atoms with van der Waals surface area (Å²) in [5.74, 6) is -0.376. The zero-order chi connectivity index (χ0) is 13.7. The molecule has 5 nitrogen and oxygen atoms in total. The van der Waals surface area contributed by atoms with Crippen LogP contribution in [0.2, 0.25) is 0 Å². The van der Waals surface area contributed by atoms with Gasteiger partial charge in [-0.1, -0.05) is 6.07 Å². The van der Waals surface area contributed by atoms with Gasteiger partial charge >= 0.3 is 5.97 Å². The fraction of sp³-hybridized carbons (Fsp3) is 0.429. The van der Waals surface area contributed by atoms with Crippen molar-refractivity contribution in [1.82, 2.24) is 5.32 Å². The van der Waals surface area contributed by atoms with E-state index in [-0.39, 0.29) is 30.2 Å².